The van der Waals surface area contributed by atoms with Gasteiger partial charge in [-0.3, -0.25) is 4.98 Å². The van der Waals surface area contributed by atoms with Gasteiger partial charge in [0.15, 0.2) is 0 Å². The molecule has 1 heterocycles. The first-order valence-corrected chi connectivity index (χ1v) is 10.4. The second-order valence-corrected chi connectivity index (χ2v) is 7.55. The first kappa shape index (κ1) is 20.9. The Hall–Kier alpha value is -3.33. The smallest absolute Gasteiger partial charge is 0.148 e. The van der Waals surface area contributed by atoms with Crippen LogP contribution in [0.15, 0.2) is 60.8 Å². The zero-order valence-corrected chi connectivity index (χ0v) is 18.1. The third kappa shape index (κ3) is 4.72. The van der Waals surface area contributed by atoms with Gasteiger partial charge in [0.05, 0.1) is 28.7 Å². The van der Waals surface area contributed by atoms with Gasteiger partial charge in [-0.15, -0.1) is 11.6 Å². The van der Waals surface area contributed by atoms with E-state index in [4.69, 9.17) is 32.7 Å². The van der Waals surface area contributed by atoms with Gasteiger partial charge in [0.25, 0.3) is 0 Å². The number of rotatable bonds is 6. The van der Waals surface area contributed by atoms with Gasteiger partial charge in [-0.25, -0.2) is 4.98 Å². The average Bonchev–Trinajstić information content (AvgIpc) is 2.78. The van der Waals surface area contributed by atoms with Crippen molar-refractivity contribution in [2.75, 3.05) is 12.5 Å². The molecule has 0 fully saturated rings. The zero-order chi connectivity index (χ0) is 21.8. The number of aryl methyl sites for hydroxylation is 1. The maximum absolute atomic E-state index is 9.45. The number of nitrogens with zero attached hydrogens (tertiary/aromatic N) is 3. The predicted octanol–water partition coefficient (Wildman–Crippen LogP) is 6.54. The predicted molar refractivity (Wildman–Crippen MR) is 122 cm³/mol. The zero-order valence-electron chi connectivity index (χ0n) is 16.6. The van der Waals surface area contributed by atoms with E-state index in [-0.39, 0.29) is 0 Å². The van der Waals surface area contributed by atoms with Crippen LogP contribution in [0.25, 0.3) is 22.2 Å². The van der Waals surface area contributed by atoms with E-state index in [1.807, 2.05) is 55.5 Å². The van der Waals surface area contributed by atoms with Gasteiger partial charge in [-0.05, 0) is 53.9 Å². The van der Waals surface area contributed by atoms with Crippen LogP contribution in [0.2, 0.25) is 5.15 Å². The lowest BCUT2D eigenvalue weighted by molar-refractivity contribution is 0.338. The van der Waals surface area contributed by atoms with Gasteiger partial charge >= 0.3 is 0 Å². The van der Waals surface area contributed by atoms with Crippen LogP contribution in [0, 0.1) is 18.3 Å². The quantitative estimate of drug-likeness (QED) is 0.312. The number of hydrogen-bond acceptors (Lipinski definition) is 5. The molecule has 0 saturated heterocycles. The lowest BCUT2D eigenvalue weighted by Gasteiger charge is -2.13. The summed E-state index contributed by atoms with van der Waals surface area (Å²) in [4.78, 5) is 8.59. The average molecular weight is 450 g/mol. The first-order valence-electron chi connectivity index (χ1n) is 9.51. The highest BCUT2D eigenvalue weighted by Gasteiger charge is 2.11. The SMILES string of the molecule is Cc1cc(Oc2ccc(-c3ccc4nc(Cl)cnc4c3)cc2)cc(C#N)c1OCCCl. The largest absolute Gasteiger partial charge is 0.491 e. The Balaban J connectivity index is 1.56. The molecule has 31 heavy (non-hydrogen) atoms. The molecule has 1 aromatic heterocycles. The Kier molecular flexibility index (Phi) is 6.22. The molecule has 0 amide bonds. The van der Waals surface area contributed by atoms with E-state index in [0.717, 1.165) is 27.7 Å². The number of fused-ring (bicyclic) bond motifs is 1. The molecule has 4 aromatic rings. The van der Waals surface area contributed by atoms with Gasteiger partial charge in [0, 0.05) is 6.07 Å². The van der Waals surface area contributed by atoms with Crippen molar-refractivity contribution >= 4 is 34.2 Å². The molecule has 0 aliphatic heterocycles. The lowest BCUT2D eigenvalue weighted by Crippen LogP contribution is -2.02. The molecule has 7 heteroatoms. The van der Waals surface area contributed by atoms with Crippen LogP contribution in [-0.2, 0) is 0 Å². The molecule has 0 bridgehead atoms. The molecule has 4 rings (SSSR count). The third-order valence-electron chi connectivity index (χ3n) is 4.63. The van der Waals surface area contributed by atoms with Gasteiger partial charge in [-0.1, -0.05) is 29.8 Å². The minimum Gasteiger partial charge on any atom is -0.491 e. The van der Waals surface area contributed by atoms with E-state index in [2.05, 4.69) is 16.0 Å². The van der Waals surface area contributed by atoms with Crippen molar-refractivity contribution in [1.29, 1.82) is 5.26 Å². The summed E-state index contributed by atoms with van der Waals surface area (Å²) >= 11 is 11.6. The molecule has 0 spiro atoms. The number of alkyl halides is 1. The van der Waals surface area contributed by atoms with Crippen molar-refractivity contribution < 1.29 is 9.47 Å². The molecule has 0 unspecified atom stereocenters. The van der Waals surface area contributed by atoms with Crippen LogP contribution in [-0.4, -0.2) is 22.5 Å². The van der Waals surface area contributed by atoms with E-state index < -0.39 is 0 Å². The number of nitriles is 1. The summed E-state index contributed by atoms with van der Waals surface area (Å²) in [5.74, 6) is 2.12. The Morgan fingerprint density at radius 1 is 0.968 bits per heavy atom. The maximum atomic E-state index is 9.45. The molecule has 5 nitrogen and oxygen atoms in total. The fourth-order valence-electron chi connectivity index (χ4n) is 3.23. The summed E-state index contributed by atoms with van der Waals surface area (Å²) in [5, 5.41) is 9.82. The summed E-state index contributed by atoms with van der Waals surface area (Å²) in [6.07, 6.45) is 1.54. The minimum atomic E-state index is 0.339. The van der Waals surface area contributed by atoms with Gasteiger partial charge in [0.1, 0.15) is 35.1 Å². The highest BCUT2D eigenvalue weighted by Crippen LogP contribution is 2.32. The van der Waals surface area contributed by atoms with Crippen molar-refractivity contribution in [2.24, 2.45) is 0 Å². The fourth-order valence-corrected chi connectivity index (χ4v) is 3.45. The van der Waals surface area contributed by atoms with Crippen LogP contribution in [0.3, 0.4) is 0 Å². The monoisotopic (exact) mass is 449 g/mol. The number of hydrogen-bond donors (Lipinski definition) is 0. The van der Waals surface area contributed by atoms with Crippen LogP contribution < -0.4 is 9.47 Å². The van der Waals surface area contributed by atoms with E-state index >= 15 is 0 Å². The van der Waals surface area contributed by atoms with Crippen molar-refractivity contribution in [2.45, 2.75) is 6.92 Å². The van der Waals surface area contributed by atoms with E-state index in [1.54, 1.807) is 6.07 Å². The van der Waals surface area contributed by atoms with Crippen LogP contribution in [0.4, 0.5) is 0 Å². The van der Waals surface area contributed by atoms with Crippen LogP contribution >= 0.6 is 23.2 Å². The molecule has 154 valence electrons. The first-order chi connectivity index (χ1) is 15.1. The highest BCUT2D eigenvalue weighted by atomic mass is 35.5. The Bertz CT molecular complexity index is 1280. The number of halogens is 2. The van der Waals surface area contributed by atoms with Gasteiger partial charge in [0.2, 0.25) is 0 Å². The van der Waals surface area contributed by atoms with Crippen molar-refractivity contribution in [1.82, 2.24) is 9.97 Å². The molecule has 0 aliphatic rings. The minimum absolute atomic E-state index is 0.339. The fraction of sp³-hybridized carbons (Fsp3) is 0.125. The molecular weight excluding hydrogens is 433 g/mol. The maximum Gasteiger partial charge on any atom is 0.148 e. The molecule has 0 aliphatic carbocycles. The normalized spacial score (nSPS) is 10.6. The van der Waals surface area contributed by atoms with Crippen molar-refractivity contribution in [3.05, 3.63) is 77.1 Å². The van der Waals surface area contributed by atoms with Crippen LogP contribution in [0.1, 0.15) is 11.1 Å². The molecule has 3 aromatic carbocycles. The van der Waals surface area contributed by atoms with Crippen molar-refractivity contribution in [3.63, 3.8) is 0 Å². The third-order valence-corrected chi connectivity index (χ3v) is 4.96. The standard InChI is InChI=1S/C24H17Cl2N3O2/c1-15-10-20(11-18(13-27)24(15)30-9-8-25)31-19-5-2-16(3-6-19)17-4-7-21-22(12-17)28-14-23(26)29-21/h2-7,10-12,14H,8-9H2,1H3. The molecule has 0 radical (unpaired) electrons. The van der Waals surface area contributed by atoms with E-state index in [9.17, 15) is 5.26 Å². The van der Waals surface area contributed by atoms with Gasteiger partial charge in [-0.2, -0.15) is 5.26 Å². The summed E-state index contributed by atoms with van der Waals surface area (Å²) in [5.41, 5.74) is 4.78. The van der Waals surface area contributed by atoms with Gasteiger partial charge < -0.3 is 9.47 Å². The Labute approximate surface area is 189 Å². The topological polar surface area (TPSA) is 68.0 Å². The van der Waals surface area contributed by atoms with Crippen molar-refractivity contribution in [3.8, 4) is 34.4 Å². The summed E-state index contributed by atoms with van der Waals surface area (Å²) < 4.78 is 11.6. The Morgan fingerprint density at radius 2 is 1.74 bits per heavy atom. The number of ether oxygens (including phenoxy) is 2. The molecule has 0 saturated carbocycles. The van der Waals surface area contributed by atoms with E-state index in [1.165, 1.54) is 6.20 Å². The summed E-state index contributed by atoms with van der Waals surface area (Å²) in [6, 6.07) is 19.2. The lowest BCUT2D eigenvalue weighted by atomic mass is 10.0. The summed E-state index contributed by atoms with van der Waals surface area (Å²) in [6.45, 7) is 2.21. The molecule has 0 N–H and O–H groups in total. The Morgan fingerprint density at radius 3 is 2.48 bits per heavy atom. The molecule has 0 atom stereocenters. The molecular formula is C24H17Cl2N3O2. The van der Waals surface area contributed by atoms with E-state index in [0.29, 0.717) is 40.5 Å². The highest BCUT2D eigenvalue weighted by molar-refractivity contribution is 6.29. The second kappa shape index (κ2) is 9.22. The number of benzene rings is 3. The second-order valence-electron chi connectivity index (χ2n) is 6.79. The summed E-state index contributed by atoms with van der Waals surface area (Å²) in [7, 11) is 0. The number of aromatic nitrogens is 2. The van der Waals surface area contributed by atoms with Crippen LogP contribution in [0.5, 0.6) is 17.2 Å².